The Morgan fingerprint density at radius 2 is 1.84 bits per heavy atom. The lowest BCUT2D eigenvalue weighted by Gasteiger charge is -2.33. The summed E-state index contributed by atoms with van der Waals surface area (Å²) in [5.41, 5.74) is 3.34. The summed E-state index contributed by atoms with van der Waals surface area (Å²) in [6.07, 6.45) is 3.06. The van der Waals surface area contributed by atoms with Crippen LogP contribution in [0, 0.1) is 0 Å². The fraction of sp³-hybridized carbons (Fsp3) is 0.320. The van der Waals surface area contributed by atoms with Crippen LogP contribution in [0.2, 0.25) is 0 Å². The number of nitrogens with zero attached hydrogens (tertiary/aromatic N) is 2. The molecule has 0 atom stereocenters. The Kier molecular flexibility index (Phi) is 7.50. The lowest BCUT2D eigenvalue weighted by Crippen LogP contribution is -2.44. The van der Waals surface area contributed by atoms with E-state index >= 15 is 0 Å². The molecule has 3 aromatic rings. The molecular formula is C25H28N4OS2. The molecule has 1 aliphatic rings. The van der Waals surface area contributed by atoms with Crippen LogP contribution >= 0.6 is 23.6 Å². The van der Waals surface area contributed by atoms with Gasteiger partial charge in [-0.25, -0.2) is 4.98 Å². The van der Waals surface area contributed by atoms with E-state index < -0.39 is 0 Å². The summed E-state index contributed by atoms with van der Waals surface area (Å²) in [6.45, 7) is 4.90. The Morgan fingerprint density at radius 3 is 2.59 bits per heavy atom. The zero-order valence-electron chi connectivity index (χ0n) is 18.2. The lowest BCUT2D eigenvalue weighted by atomic mass is 9.98. The van der Waals surface area contributed by atoms with E-state index in [-0.39, 0.29) is 5.91 Å². The maximum absolute atomic E-state index is 12.9. The largest absolute Gasteiger partial charge is 0.363 e. The Balaban J connectivity index is 1.39. The first-order valence-electron chi connectivity index (χ1n) is 11.1. The molecule has 1 aliphatic heterocycles. The number of benzene rings is 2. The van der Waals surface area contributed by atoms with Crippen LogP contribution in [0.15, 0.2) is 60.0 Å². The van der Waals surface area contributed by atoms with Gasteiger partial charge in [0.25, 0.3) is 5.91 Å². The quantitative estimate of drug-likeness (QED) is 0.470. The van der Waals surface area contributed by atoms with Gasteiger partial charge in [-0.2, -0.15) is 0 Å². The summed E-state index contributed by atoms with van der Waals surface area (Å²) >= 11 is 7.07. The van der Waals surface area contributed by atoms with Gasteiger partial charge in [0.15, 0.2) is 5.11 Å². The molecule has 4 rings (SSSR count). The van der Waals surface area contributed by atoms with E-state index in [2.05, 4.69) is 22.5 Å². The number of carbonyl (C=O) groups is 1. The van der Waals surface area contributed by atoms with Gasteiger partial charge in [-0.15, -0.1) is 11.3 Å². The average molecular weight is 465 g/mol. The second-order valence-corrected chi connectivity index (χ2v) is 9.21. The van der Waals surface area contributed by atoms with Crippen molar-refractivity contribution in [2.24, 2.45) is 0 Å². The van der Waals surface area contributed by atoms with Crippen LogP contribution in [0.5, 0.6) is 0 Å². The summed E-state index contributed by atoms with van der Waals surface area (Å²) in [5.74, 6) is 0.210. The highest BCUT2D eigenvalue weighted by Crippen LogP contribution is 2.31. The normalized spacial score (nSPS) is 14.2. The number of nitrogens with one attached hydrogen (secondary N) is 2. The molecule has 2 heterocycles. The van der Waals surface area contributed by atoms with Crippen molar-refractivity contribution in [3.63, 3.8) is 0 Å². The van der Waals surface area contributed by atoms with Crippen molar-refractivity contribution in [1.29, 1.82) is 0 Å². The fourth-order valence-electron chi connectivity index (χ4n) is 3.90. The molecule has 2 aromatic carbocycles. The minimum Gasteiger partial charge on any atom is -0.363 e. The summed E-state index contributed by atoms with van der Waals surface area (Å²) < 4.78 is 0. The van der Waals surface area contributed by atoms with Crippen molar-refractivity contribution in [3.05, 3.63) is 70.7 Å². The van der Waals surface area contributed by atoms with Crippen LogP contribution in [0.25, 0.3) is 11.1 Å². The average Bonchev–Trinajstić information content (AvgIpc) is 3.34. The van der Waals surface area contributed by atoms with Crippen LogP contribution in [-0.2, 0) is 0 Å². The minimum atomic E-state index is -0.168. The number of likely N-dealkylation sites (tertiary alicyclic amines) is 1. The third-order valence-corrected chi connectivity index (χ3v) is 7.08. The smallest absolute Gasteiger partial charge is 0.275 e. The molecule has 1 saturated heterocycles. The van der Waals surface area contributed by atoms with Crippen LogP contribution in [0.1, 0.15) is 47.6 Å². The van der Waals surface area contributed by atoms with E-state index in [1.54, 1.807) is 11.3 Å². The standard InChI is InChI=1S/C25H28N4OS2/c1-2-14-26-25(31)29-15-12-19(13-16-29)24-28-22(17-32-24)23(30)27-21-11-7-6-10-20(21)18-8-4-3-5-9-18/h3-11,17,19H,2,12-16H2,1H3,(H,26,31)(H,27,30). The molecule has 0 radical (unpaired) electrons. The Labute approximate surface area is 198 Å². The minimum absolute atomic E-state index is 0.168. The Morgan fingerprint density at radius 1 is 1.12 bits per heavy atom. The summed E-state index contributed by atoms with van der Waals surface area (Å²) in [6, 6.07) is 17.9. The predicted molar refractivity (Wildman–Crippen MR) is 136 cm³/mol. The summed E-state index contributed by atoms with van der Waals surface area (Å²) in [5, 5.41) is 10.1. The highest BCUT2D eigenvalue weighted by atomic mass is 32.1. The lowest BCUT2D eigenvalue weighted by molar-refractivity contribution is 0.102. The number of carbonyl (C=O) groups excluding carboxylic acids is 1. The molecule has 0 aliphatic carbocycles. The molecule has 5 nitrogen and oxygen atoms in total. The number of hydrogen-bond acceptors (Lipinski definition) is 4. The molecule has 1 amide bonds. The molecule has 0 unspecified atom stereocenters. The third kappa shape index (κ3) is 5.34. The van der Waals surface area contributed by atoms with Crippen LogP contribution in [-0.4, -0.2) is 40.5 Å². The molecule has 166 valence electrons. The van der Waals surface area contributed by atoms with Crippen molar-refractivity contribution >= 4 is 40.3 Å². The number of amides is 1. The second-order valence-electron chi connectivity index (χ2n) is 7.93. The Hall–Kier alpha value is -2.77. The summed E-state index contributed by atoms with van der Waals surface area (Å²) in [7, 11) is 0. The monoisotopic (exact) mass is 464 g/mol. The fourth-order valence-corrected chi connectivity index (χ4v) is 5.16. The number of aromatic nitrogens is 1. The number of rotatable bonds is 6. The van der Waals surface area contributed by atoms with E-state index in [1.807, 2.05) is 60.0 Å². The highest BCUT2D eigenvalue weighted by Gasteiger charge is 2.25. The van der Waals surface area contributed by atoms with Gasteiger partial charge in [-0.3, -0.25) is 4.79 Å². The van der Waals surface area contributed by atoms with Gasteiger partial charge in [0, 0.05) is 42.2 Å². The molecule has 32 heavy (non-hydrogen) atoms. The van der Waals surface area contributed by atoms with Crippen molar-refractivity contribution in [2.75, 3.05) is 25.0 Å². The number of anilines is 1. The zero-order valence-corrected chi connectivity index (χ0v) is 19.8. The van der Waals surface area contributed by atoms with Crippen LogP contribution in [0.4, 0.5) is 5.69 Å². The maximum Gasteiger partial charge on any atom is 0.275 e. The molecular weight excluding hydrogens is 436 g/mol. The highest BCUT2D eigenvalue weighted by molar-refractivity contribution is 7.80. The number of para-hydroxylation sites is 1. The van der Waals surface area contributed by atoms with Gasteiger partial charge < -0.3 is 15.5 Å². The third-order valence-electron chi connectivity index (χ3n) is 5.67. The predicted octanol–water partition coefficient (Wildman–Crippen LogP) is 5.53. The molecule has 7 heteroatoms. The van der Waals surface area contributed by atoms with Gasteiger partial charge in [-0.1, -0.05) is 55.5 Å². The number of thiocarbonyl (C=S) groups is 1. The second kappa shape index (κ2) is 10.7. The first kappa shape index (κ1) is 22.4. The number of thiazole rings is 1. The van der Waals surface area contributed by atoms with E-state index in [9.17, 15) is 4.79 Å². The van der Waals surface area contributed by atoms with E-state index in [0.717, 1.165) is 65.8 Å². The first-order valence-corrected chi connectivity index (χ1v) is 12.4. The van der Waals surface area contributed by atoms with Gasteiger partial charge in [0.1, 0.15) is 5.69 Å². The topological polar surface area (TPSA) is 57.3 Å². The van der Waals surface area contributed by atoms with Crippen LogP contribution in [0.3, 0.4) is 0 Å². The van der Waals surface area contributed by atoms with E-state index in [4.69, 9.17) is 17.2 Å². The van der Waals surface area contributed by atoms with E-state index in [0.29, 0.717) is 11.6 Å². The van der Waals surface area contributed by atoms with Crippen molar-refractivity contribution < 1.29 is 4.79 Å². The molecule has 1 fully saturated rings. The molecule has 0 saturated carbocycles. The summed E-state index contributed by atoms with van der Waals surface area (Å²) in [4.78, 5) is 19.9. The Bertz CT molecular complexity index is 1060. The van der Waals surface area contributed by atoms with Crippen LogP contribution < -0.4 is 10.6 Å². The van der Waals surface area contributed by atoms with Crippen molar-refractivity contribution in [2.45, 2.75) is 32.1 Å². The first-order chi connectivity index (χ1) is 15.7. The van der Waals surface area contributed by atoms with Gasteiger partial charge in [-0.05, 0) is 43.1 Å². The SMILES string of the molecule is CCCNC(=S)N1CCC(c2nc(C(=O)Nc3ccccc3-c3ccccc3)cs2)CC1. The van der Waals surface area contributed by atoms with Crippen molar-refractivity contribution in [3.8, 4) is 11.1 Å². The van der Waals surface area contributed by atoms with Gasteiger partial charge in [0.05, 0.1) is 5.01 Å². The van der Waals surface area contributed by atoms with Gasteiger partial charge in [0.2, 0.25) is 0 Å². The number of piperidine rings is 1. The molecule has 0 bridgehead atoms. The van der Waals surface area contributed by atoms with Crippen molar-refractivity contribution in [1.82, 2.24) is 15.2 Å². The zero-order chi connectivity index (χ0) is 22.3. The van der Waals surface area contributed by atoms with E-state index in [1.165, 1.54) is 0 Å². The maximum atomic E-state index is 12.9. The molecule has 1 aromatic heterocycles. The molecule has 0 spiro atoms. The molecule has 2 N–H and O–H groups in total. The van der Waals surface area contributed by atoms with Gasteiger partial charge >= 0.3 is 0 Å². The number of hydrogen-bond donors (Lipinski definition) is 2.